The van der Waals surface area contributed by atoms with E-state index in [0.29, 0.717) is 11.3 Å². The number of rotatable bonds is 2. The van der Waals surface area contributed by atoms with Crippen LogP contribution in [0, 0.1) is 0 Å². The van der Waals surface area contributed by atoms with Crippen LogP contribution in [-0.4, -0.2) is 12.2 Å². The smallest absolute Gasteiger partial charge is 0.163 e. The fourth-order valence-electron chi connectivity index (χ4n) is 1.16. The highest BCUT2D eigenvalue weighted by Crippen LogP contribution is 2.37. The maximum atomic E-state index is 9.71. The third-order valence-corrected chi connectivity index (χ3v) is 2.49. The van der Waals surface area contributed by atoms with E-state index in [4.69, 9.17) is 10.5 Å². The molecule has 0 aromatic heterocycles. The third-order valence-electron chi connectivity index (χ3n) is 1.80. The molecule has 0 aliphatic rings. The highest BCUT2D eigenvalue weighted by Gasteiger charge is 2.14. The standard InChI is InChI=1S/C9H12BrNO2.ClH/c1-5(11)8-6(10)3-4-7(13-2)9(8)12;/h3-5,12H,11H2,1-2H3;1H/t5-;/m0./s1. The maximum Gasteiger partial charge on any atom is 0.163 e. The molecule has 3 nitrogen and oxygen atoms in total. The van der Waals surface area contributed by atoms with Crippen molar-refractivity contribution in [1.82, 2.24) is 0 Å². The first kappa shape index (κ1) is 13.5. The number of halogens is 2. The first-order valence-corrected chi connectivity index (χ1v) is 4.68. The van der Waals surface area contributed by atoms with E-state index in [1.165, 1.54) is 7.11 Å². The summed E-state index contributed by atoms with van der Waals surface area (Å²) in [5.74, 6) is 0.544. The molecule has 0 fully saturated rings. The molecule has 0 amide bonds. The molecule has 1 atom stereocenters. The average molecular weight is 283 g/mol. The van der Waals surface area contributed by atoms with Crippen LogP contribution >= 0.6 is 28.3 Å². The van der Waals surface area contributed by atoms with Gasteiger partial charge in [0, 0.05) is 16.1 Å². The second-order valence-corrected chi connectivity index (χ2v) is 3.65. The molecule has 0 radical (unpaired) electrons. The Balaban J connectivity index is 0.00000169. The van der Waals surface area contributed by atoms with Gasteiger partial charge in [-0.05, 0) is 19.1 Å². The fourth-order valence-corrected chi connectivity index (χ4v) is 1.84. The van der Waals surface area contributed by atoms with Gasteiger partial charge in [0.1, 0.15) is 0 Å². The summed E-state index contributed by atoms with van der Waals surface area (Å²) in [6, 6.07) is 3.26. The Hall–Kier alpha value is -0.450. The van der Waals surface area contributed by atoms with E-state index in [-0.39, 0.29) is 24.2 Å². The monoisotopic (exact) mass is 281 g/mol. The van der Waals surface area contributed by atoms with E-state index in [2.05, 4.69) is 15.9 Å². The number of hydrogen-bond donors (Lipinski definition) is 2. The normalized spacial score (nSPS) is 11.7. The van der Waals surface area contributed by atoms with Crippen molar-refractivity contribution in [1.29, 1.82) is 0 Å². The topological polar surface area (TPSA) is 55.5 Å². The van der Waals surface area contributed by atoms with Crippen molar-refractivity contribution >= 4 is 28.3 Å². The van der Waals surface area contributed by atoms with Crippen LogP contribution in [0.15, 0.2) is 16.6 Å². The zero-order valence-corrected chi connectivity index (χ0v) is 10.4. The fraction of sp³-hybridized carbons (Fsp3) is 0.333. The van der Waals surface area contributed by atoms with Crippen LogP contribution in [0.5, 0.6) is 11.5 Å². The zero-order valence-electron chi connectivity index (χ0n) is 7.95. The predicted octanol–water partition coefficient (Wildman–Crippen LogP) is 2.60. The molecular weight excluding hydrogens is 269 g/mol. The van der Waals surface area contributed by atoms with E-state index in [0.717, 1.165) is 4.47 Å². The number of ether oxygens (including phenoxy) is 1. The van der Waals surface area contributed by atoms with Gasteiger partial charge in [-0.25, -0.2) is 0 Å². The summed E-state index contributed by atoms with van der Waals surface area (Å²) >= 11 is 3.32. The molecule has 14 heavy (non-hydrogen) atoms. The molecule has 1 aromatic rings. The average Bonchev–Trinajstić information content (AvgIpc) is 2.04. The van der Waals surface area contributed by atoms with Crippen LogP contribution in [-0.2, 0) is 0 Å². The van der Waals surface area contributed by atoms with Gasteiger partial charge in [-0.1, -0.05) is 15.9 Å². The van der Waals surface area contributed by atoms with Crippen molar-refractivity contribution < 1.29 is 9.84 Å². The summed E-state index contributed by atoms with van der Waals surface area (Å²) in [5, 5.41) is 9.71. The second-order valence-electron chi connectivity index (χ2n) is 2.80. The molecule has 1 rings (SSSR count). The van der Waals surface area contributed by atoms with Crippen molar-refractivity contribution in [3.8, 4) is 11.5 Å². The minimum Gasteiger partial charge on any atom is -0.504 e. The van der Waals surface area contributed by atoms with Crippen molar-refractivity contribution in [3.63, 3.8) is 0 Å². The largest absolute Gasteiger partial charge is 0.504 e. The Morgan fingerprint density at radius 2 is 2.07 bits per heavy atom. The third kappa shape index (κ3) is 2.53. The summed E-state index contributed by atoms with van der Waals surface area (Å²) in [7, 11) is 1.51. The predicted molar refractivity (Wildman–Crippen MR) is 62.2 cm³/mol. The molecule has 0 spiro atoms. The molecule has 0 aliphatic carbocycles. The molecule has 0 saturated carbocycles. The lowest BCUT2D eigenvalue weighted by atomic mass is 10.1. The Morgan fingerprint density at radius 1 is 1.50 bits per heavy atom. The van der Waals surface area contributed by atoms with Crippen molar-refractivity contribution in [2.45, 2.75) is 13.0 Å². The zero-order chi connectivity index (χ0) is 10.0. The Kier molecular flexibility index (Phi) is 5.26. The van der Waals surface area contributed by atoms with Gasteiger partial charge >= 0.3 is 0 Å². The van der Waals surface area contributed by atoms with Gasteiger partial charge in [0.2, 0.25) is 0 Å². The van der Waals surface area contributed by atoms with Gasteiger partial charge in [0.15, 0.2) is 11.5 Å². The molecule has 1 aromatic carbocycles. The molecule has 0 unspecified atom stereocenters. The van der Waals surface area contributed by atoms with E-state index in [1.54, 1.807) is 19.1 Å². The van der Waals surface area contributed by atoms with Crippen LogP contribution in [0.4, 0.5) is 0 Å². The van der Waals surface area contributed by atoms with Gasteiger partial charge in [0.05, 0.1) is 7.11 Å². The van der Waals surface area contributed by atoms with Crippen LogP contribution in [0.3, 0.4) is 0 Å². The van der Waals surface area contributed by atoms with Crippen LogP contribution < -0.4 is 10.5 Å². The quantitative estimate of drug-likeness (QED) is 0.876. The minimum absolute atomic E-state index is 0. The summed E-state index contributed by atoms with van der Waals surface area (Å²) in [5.41, 5.74) is 6.36. The first-order valence-electron chi connectivity index (χ1n) is 3.89. The molecule has 0 aliphatic heterocycles. The van der Waals surface area contributed by atoms with Gasteiger partial charge < -0.3 is 15.6 Å². The van der Waals surface area contributed by atoms with E-state index < -0.39 is 0 Å². The Morgan fingerprint density at radius 3 is 2.50 bits per heavy atom. The number of nitrogens with two attached hydrogens (primary N) is 1. The summed E-state index contributed by atoms with van der Waals surface area (Å²) in [4.78, 5) is 0. The second kappa shape index (κ2) is 5.44. The lowest BCUT2D eigenvalue weighted by Crippen LogP contribution is -2.06. The van der Waals surface area contributed by atoms with Crippen LogP contribution in [0.2, 0.25) is 0 Å². The van der Waals surface area contributed by atoms with Gasteiger partial charge in [-0.15, -0.1) is 12.4 Å². The maximum absolute atomic E-state index is 9.71. The number of benzene rings is 1. The lowest BCUT2D eigenvalue weighted by molar-refractivity contribution is 0.369. The summed E-state index contributed by atoms with van der Waals surface area (Å²) < 4.78 is 5.76. The summed E-state index contributed by atoms with van der Waals surface area (Å²) in [6.45, 7) is 1.80. The SMILES string of the molecule is COc1ccc(Br)c([C@H](C)N)c1O.Cl. The first-order chi connectivity index (χ1) is 6.07. The molecular formula is C9H13BrClNO2. The molecule has 0 heterocycles. The lowest BCUT2D eigenvalue weighted by Gasteiger charge is -2.13. The highest BCUT2D eigenvalue weighted by atomic mass is 79.9. The van der Waals surface area contributed by atoms with Gasteiger partial charge in [0.25, 0.3) is 0 Å². The van der Waals surface area contributed by atoms with Gasteiger partial charge in [-0.2, -0.15) is 0 Å². The van der Waals surface area contributed by atoms with E-state index in [9.17, 15) is 5.11 Å². The van der Waals surface area contributed by atoms with E-state index in [1.807, 2.05) is 0 Å². The Bertz CT molecular complexity index is 318. The summed E-state index contributed by atoms with van der Waals surface area (Å²) in [6.07, 6.45) is 0. The highest BCUT2D eigenvalue weighted by molar-refractivity contribution is 9.10. The minimum atomic E-state index is -0.232. The Labute approximate surface area is 97.8 Å². The number of aromatic hydroxyl groups is 1. The molecule has 0 bridgehead atoms. The molecule has 3 N–H and O–H groups in total. The van der Waals surface area contributed by atoms with Crippen molar-refractivity contribution in [2.24, 2.45) is 5.73 Å². The number of hydrogen-bond acceptors (Lipinski definition) is 3. The molecule has 0 saturated heterocycles. The number of phenols is 1. The van der Waals surface area contributed by atoms with E-state index >= 15 is 0 Å². The number of methoxy groups -OCH3 is 1. The van der Waals surface area contributed by atoms with Crippen LogP contribution in [0.25, 0.3) is 0 Å². The van der Waals surface area contributed by atoms with Crippen LogP contribution in [0.1, 0.15) is 18.5 Å². The molecule has 80 valence electrons. The molecule has 5 heteroatoms. The van der Waals surface area contributed by atoms with Crippen molar-refractivity contribution in [3.05, 3.63) is 22.2 Å². The number of phenolic OH excluding ortho intramolecular Hbond substituents is 1. The van der Waals surface area contributed by atoms with Crippen molar-refractivity contribution in [2.75, 3.05) is 7.11 Å². The van der Waals surface area contributed by atoms with Gasteiger partial charge in [-0.3, -0.25) is 0 Å².